The lowest BCUT2D eigenvalue weighted by atomic mass is 10.0. The lowest BCUT2D eigenvalue weighted by Gasteiger charge is -2.36. The number of ether oxygens (including phenoxy) is 1. The van der Waals surface area contributed by atoms with E-state index in [4.69, 9.17) is 15.5 Å². The number of benzene rings is 2. The van der Waals surface area contributed by atoms with Crippen molar-refractivity contribution < 1.29 is 13.2 Å². The average molecular weight is 430 g/mol. The van der Waals surface area contributed by atoms with E-state index in [2.05, 4.69) is 11.1 Å². The molecule has 0 aliphatic carbocycles. The van der Waals surface area contributed by atoms with Crippen LogP contribution >= 0.6 is 11.3 Å². The van der Waals surface area contributed by atoms with Gasteiger partial charge in [-0.3, -0.25) is 4.99 Å². The predicted octanol–water partition coefficient (Wildman–Crippen LogP) is 3.75. The summed E-state index contributed by atoms with van der Waals surface area (Å²) in [5, 5.41) is 0.650. The van der Waals surface area contributed by atoms with Crippen molar-refractivity contribution in [3.8, 4) is 16.9 Å². The number of amidine groups is 1. The zero-order valence-corrected chi connectivity index (χ0v) is 18.4. The number of aliphatic imine (C=N–C) groups is 1. The molecule has 0 amide bonds. The number of thiazole rings is 1. The van der Waals surface area contributed by atoms with Crippen LogP contribution in [0.3, 0.4) is 0 Å². The molecule has 2 N–H and O–H groups in total. The molecule has 1 unspecified atom stereocenters. The van der Waals surface area contributed by atoms with Crippen LogP contribution in [-0.4, -0.2) is 36.8 Å². The third-order valence-corrected chi connectivity index (χ3v) is 9.46. The summed E-state index contributed by atoms with van der Waals surface area (Å²) in [6.07, 6.45) is 0. The normalized spacial score (nSPS) is 23.0. The topological polar surface area (TPSA) is 94.6 Å². The maximum absolute atomic E-state index is 12.8. The fraction of sp³-hybridized carbons (Fsp3) is 0.333. The monoisotopic (exact) mass is 429 g/mol. The summed E-state index contributed by atoms with van der Waals surface area (Å²) in [6, 6.07) is 13.9. The van der Waals surface area contributed by atoms with Gasteiger partial charge in [0, 0.05) is 0 Å². The summed E-state index contributed by atoms with van der Waals surface area (Å²) in [5.74, 6) is 0.804. The summed E-state index contributed by atoms with van der Waals surface area (Å²) in [7, 11) is -1.82. The molecule has 4 rings (SSSR count). The molecule has 0 bridgehead atoms. The highest BCUT2D eigenvalue weighted by molar-refractivity contribution is 7.93. The van der Waals surface area contributed by atoms with Gasteiger partial charge in [0.2, 0.25) is 0 Å². The Morgan fingerprint density at radius 3 is 2.52 bits per heavy atom. The Morgan fingerprint density at radius 1 is 1.10 bits per heavy atom. The van der Waals surface area contributed by atoms with Gasteiger partial charge < -0.3 is 10.5 Å². The first-order chi connectivity index (χ1) is 13.6. The smallest absolute Gasteiger partial charge is 0.165 e. The van der Waals surface area contributed by atoms with Crippen molar-refractivity contribution >= 4 is 37.2 Å². The van der Waals surface area contributed by atoms with E-state index in [0.29, 0.717) is 5.01 Å². The fourth-order valence-corrected chi connectivity index (χ4v) is 6.24. The minimum absolute atomic E-state index is 0.115. The largest absolute Gasteiger partial charge is 0.497 e. The van der Waals surface area contributed by atoms with E-state index in [1.807, 2.05) is 36.4 Å². The van der Waals surface area contributed by atoms with Crippen LogP contribution in [0.15, 0.2) is 47.5 Å². The van der Waals surface area contributed by atoms with Crippen LogP contribution in [-0.2, 0) is 15.4 Å². The molecule has 1 aliphatic heterocycles. The van der Waals surface area contributed by atoms with E-state index in [-0.39, 0.29) is 11.6 Å². The summed E-state index contributed by atoms with van der Waals surface area (Å²) in [5.41, 5.74) is 7.96. The zero-order valence-electron chi connectivity index (χ0n) is 16.8. The molecule has 0 spiro atoms. The first-order valence-corrected chi connectivity index (χ1v) is 11.7. The molecular formula is C21H23N3O3S2. The Bertz CT molecular complexity index is 1250. The molecule has 0 radical (unpaired) electrons. The van der Waals surface area contributed by atoms with Gasteiger partial charge in [0.05, 0.1) is 23.1 Å². The van der Waals surface area contributed by atoms with Crippen molar-refractivity contribution in [2.24, 2.45) is 10.7 Å². The van der Waals surface area contributed by atoms with Crippen molar-refractivity contribution in [3.63, 3.8) is 0 Å². The third-order valence-electron chi connectivity index (χ3n) is 5.48. The van der Waals surface area contributed by atoms with Crippen LogP contribution in [0, 0.1) is 0 Å². The molecule has 0 saturated heterocycles. The van der Waals surface area contributed by atoms with Crippen LogP contribution in [0.2, 0.25) is 0 Å². The Kier molecular flexibility index (Phi) is 4.47. The number of aromatic nitrogens is 1. The van der Waals surface area contributed by atoms with E-state index in [9.17, 15) is 8.42 Å². The highest BCUT2D eigenvalue weighted by atomic mass is 32.2. The SMILES string of the molecule is COc1cccc(-c2ccc3nc(C4(C)CS(=O)(=O)C(C)(C)C(N)=N4)sc3c2)c1. The van der Waals surface area contributed by atoms with Gasteiger partial charge in [-0.15, -0.1) is 11.3 Å². The molecule has 1 atom stereocenters. The second-order valence-electron chi connectivity index (χ2n) is 7.97. The number of nitrogens with zero attached hydrogens (tertiary/aromatic N) is 2. The van der Waals surface area contributed by atoms with Crippen LogP contribution in [0.5, 0.6) is 5.75 Å². The molecule has 1 aromatic heterocycles. The van der Waals surface area contributed by atoms with E-state index < -0.39 is 20.1 Å². The summed E-state index contributed by atoms with van der Waals surface area (Å²) in [6.45, 7) is 4.98. The molecular weight excluding hydrogens is 406 g/mol. The number of nitrogens with two attached hydrogens (primary N) is 1. The third kappa shape index (κ3) is 3.20. The molecule has 8 heteroatoms. The van der Waals surface area contributed by atoms with E-state index in [1.54, 1.807) is 27.9 Å². The van der Waals surface area contributed by atoms with Gasteiger partial charge in [-0.05, 0) is 56.2 Å². The second-order valence-corrected chi connectivity index (χ2v) is 11.5. The van der Waals surface area contributed by atoms with Crippen molar-refractivity contribution in [2.75, 3.05) is 12.9 Å². The molecule has 1 aliphatic rings. The van der Waals surface area contributed by atoms with Crippen molar-refractivity contribution in [2.45, 2.75) is 31.1 Å². The van der Waals surface area contributed by atoms with Crippen LogP contribution in [0.4, 0.5) is 0 Å². The standard InChI is InChI=1S/C21H23N3O3S2/c1-20(2)18(22)24-21(3,12-29(20,25)26)19-23-16-9-8-14(11-17(16)28-19)13-6-5-7-15(10-13)27-4/h5-11H,12H2,1-4H3,(H2,22,24). The molecule has 2 heterocycles. The maximum Gasteiger partial charge on any atom is 0.165 e. The van der Waals surface area contributed by atoms with Crippen molar-refractivity contribution in [1.82, 2.24) is 4.98 Å². The van der Waals surface area contributed by atoms with Gasteiger partial charge >= 0.3 is 0 Å². The van der Waals surface area contributed by atoms with Gasteiger partial charge in [0.15, 0.2) is 9.84 Å². The Balaban J connectivity index is 1.79. The van der Waals surface area contributed by atoms with E-state index >= 15 is 0 Å². The molecule has 6 nitrogen and oxygen atoms in total. The lowest BCUT2D eigenvalue weighted by molar-refractivity contribution is 0.415. The minimum atomic E-state index is -3.47. The molecule has 29 heavy (non-hydrogen) atoms. The molecule has 0 fully saturated rings. The van der Waals surface area contributed by atoms with Gasteiger partial charge in [-0.25, -0.2) is 13.4 Å². The number of rotatable bonds is 3. The second kappa shape index (κ2) is 6.53. The van der Waals surface area contributed by atoms with Crippen LogP contribution < -0.4 is 10.5 Å². The lowest BCUT2D eigenvalue weighted by Crippen LogP contribution is -2.54. The maximum atomic E-state index is 12.8. The van der Waals surface area contributed by atoms with Gasteiger partial charge in [-0.2, -0.15) is 0 Å². The summed E-state index contributed by atoms with van der Waals surface area (Å²) < 4.78 is 30.8. The quantitative estimate of drug-likeness (QED) is 0.684. The Labute approximate surface area is 174 Å². The first-order valence-electron chi connectivity index (χ1n) is 9.19. The van der Waals surface area contributed by atoms with Gasteiger partial charge in [-0.1, -0.05) is 18.2 Å². The van der Waals surface area contributed by atoms with Gasteiger partial charge in [0.25, 0.3) is 0 Å². The zero-order chi connectivity index (χ0) is 21.0. The first kappa shape index (κ1) is 19.8. The van der Waals surface area contributed by atoms with Crippen molar-refractivity contribution in [3.05, 3.63) is 47.5 Å². The Morgan fingerprint density at radius 2 is 1.83 bits per heavy atom. The predicted molar refractivity (Wildman–Crippen MR) is 118 cm³/mol. The van der Waals surface area contributed by atoms with Crippen molar-refractivity contribution in [1.29, 1.82) is 0 Å². The highest BCUT2D eigenvalue weighted by Gasteiger charge is 2.49. The minimum Gasteiger partial charge on any atom is -0.497 e. The number of hydrogen-bond acceptors (Lipinski definition) is 7. The Hall–Kier alpha value is -2.45. The molecule has 2 aromatic carbocycles. The molecule has 152 valence electrons. The fourth-order valence-electron chi connectivity index (χ4n) is 3.39. The van der Waals surface area contributed by atoms with Gasteiger partial charge in [0.1, 0.15) is 26.9 Å². The van der Waals surface area contributed by atoms with E-state index in [1.165, 1.54) is 11.3 Å². The number of hydrogen-bond donors (Lipinski definition) is 1. The summed E-state index contributed by atoms with van der Waals surface area (Å²) in [4.78, 5) is 9.27. The van der Waals surface area contributed by atoms with Crippen LogP contribution in [0.25, 0.3) is 21.3 Å². The molecule has 3 aromatic rings. The number of fused-ring (bicyclic) bond motifs is 1. The number of methoxy groups -OCH3 is 1. The summed E-state index contributed by atoms with van der Waals surface area (Å²) >= 11 is 1.45. The van der Waals surface area contributed by atoms with E-state index in [0.717, 1.165) is 27.1 Å². The highest BCUT2D eigenvalue weighted by Crippen LogP contribution is 2.40. The number of sulfone groups is 1. The van der Waals surface area contributed by atoms with Crippen LogP contribution in [0.1, 0.15) is 25.8 Å². The average Bonchev–Trinajstić information content (AvgIpc) is 3.10. The molecule has 0 saturated carbocycles.